The number of aliphatic imine (C=N–C) groups is 1. The fraction of sp³-hybridized carbons (Fsp3) is 0.474. The third-order valence-corrected chi connectivity index (χ3v) is 4.05. The number of hydrogen-bond acceptors (Lipinski definition) is 4. The van der Waals surface area contributed by atoms with Gasteiger partial charge in [0.1, 0.15) is 12.4 Å². The van der Waals surface area contributed by atoms with Crippen LogP contribution in [0.1, 0.15) is 18.5 Å². The van der Waals surface area contributed by atoms with Crippen molar-refractivity contribution in [2.75, 3.05) is 40.3 Å². The topological polar surface area (TPSA) is 66.7 Å². The molecule has 0 aliphatic heterocycles. The highest BCUT2D eigenvalue weighted by Gasteiger charge is 2.15. The molecule has 1 unspecified atom stereocenters. The Balaban J connectivity index is 0.00000420. The van der Waals surface area contributed by atoms with Crippen LogP contribution in [-0.2, 0) is 7.05 Å². The Labute approximate surface area is 187 Å². The molecule has 29 heavy (non-hydrogen) atoms. The lowest BCUT2D eigenvalue weighted by Crippen LogP contribution is -2.40. The van der Waals surface area contributed by atoms with Gasteiger partial charge >= 0.3 is 0 Å². The molecule has 1 aromatic carbocycles. The number of guanidine groups is 1. The van der Waals surface area contributed by atoms with E-state index in [9.17, 15) is 8.78 Å². The van der Waals surface area contributed by atoms with E-state index in [0.29, 0.717) is 25.6 Å². The molecule has 1 heterocycles. The number of rotatable bonds is 9. The van der Waals surface area contributed by atoms with Crippen molar-refractivity contribution in [3.05, 3.63) is 47.8 Å². The summed E-state index contributed by atoms with van der Waals surface area (Å²) in [5.74, 6) is -0.685. The fourth-order valence-corrected chi connectivity index (χ4v) is 2.62. The van der Waals surface area contributed by atoms with Gasteiger partial charge in [-0.2, -0.15) is 5.10 Å². The van der Waals surface area contributed by atoms with Gasteiger partial charge in [-0.15, -0.1) is 24.0 Å². The first-order valence-corrected chi connectivity index (χ1v) is 9.15. The predicted molar refractivity (Wildman–Crippen MR) is 121 cm³/mol. The second-order valence-electron chi connectivity index (χ2n) is 6.50. The van der Waals surface area contributed by atoms with E-state index in [-0.39, 0.29) is 42.4 Å². The van der Waals surface area contributed by atoms with Gasteiger partial charge in [-0.3, -0.25) is 9.67 Å². The van der Waals surface area contributed by atoms with Crippen LogP contribution in [0.5, 0.6) is 5.75 Å². The average molecular weight is 522 g/mol. The van der Waals surface area contributed by atoms with Gasteiger partial charge in [0, 0.05) is 31.4 Å². The maximum Gasteiger partial charge on any atom is 0.191 e. The lowest BCUT2D eigenvalue weighted by atomic mass is 10.1. The second-order valence-corrected chi connectivity index (χ2v) is 6.50. The van der Waals surface area contributed by atoms with Crippen LogP contribution in [0.25, 0.3) is 0 Å². The van der Waals surface area contributed by atoms with E-state index in [1.54, 1.807) is 4.68 Å². The van der Waals surface area contributed by atoms with Crippen molar-refractivity contribution in [3.63, 3.8) is 0 Å². The SMILES string of the molecule is CCNC(=NCC(c1cnn(C)c1)N(C)C)NCCOc1ccc(F)cc1F.I. The molecule has 2 aromatic rings. The zero-order valence-corrected chi connectivity index (χ0v) is 19.5. The first kappa shape index (κ1) is 25.1. The molecule has 1 atom stereocenters. The number of aromatic nitrogens is 2. The normalized spacial score (nSPS) is 12.4. The summed E-state index contributed by atoms with van der Waals surface area (Å²) in [4.78, 5) is 6.72. The Kier molecular flexibility index (Phi) is 10.9. The molecule has 0 saturated carbocycles. The number of nitrogens with zero attached hydrogens (tertiary/aromatic N) is 4. The summed E-state index contributed by atoms with van der Waals surface area (Å²) in [7, 11) is 5.88. The molecule has 0 amide bonds. The summed E-state index contributed by atoms with van der Waals surface area (Å²) < 4.78 is 33.6. The fourth-order valence-electron chi connectivity index (χ4n) is 2.62. The van der Waals surface area contributed by atoms with Crippen LogP contribution >= 0.6 is 24.0 Å². The molecule has 0 fully saturated rings. The van der Waals surface area contributed by atoms with Crippen LogP contribution in [0.2, 0.25) is 0 Å². The first-order chi connectivity index (χ1) is 13.4. The second kappa shape index (κ2) is 12.6. The standard InChI is InChI=1S/C19H28F2N6O.HI/c1-5-22-19(23-8-9-28-18-7-6-15(20)10-16(18)21)24-12-17(26(2)3)14-11-25-27(4)13-14;/h6-7,10-11,13,17H,5,8-9,12H2,1-4H3,(H2,22,23,24);1H. The Morgan fingerprint density at radius 2 is 2.07 bits per heavy atom. The lowest BCUT2D eigenvalue weighted by Gasteiger charge is -2.22. The lowest BCUT2D eigenvalue weighted by molar-refractivity contribution is 0.302. The Hall–Kier alpha value is -1.95. The molecule has 2 N–H and O–H groups in total. The van der Waals surface area contributed by atoms with Crippen molar-refractivity contribution in [1.82, 2.24) is 25.3 Å². The number of aryl methyl sites for hydroxylation is 1. The van der Waals surface area contributed by atoms with Crippen molar-refractivity contribution in [2.24, 2.45) is 12.0 Å². The number of nitrogens with one attached hydrogen (secondary N) is 2. The van der Waals surface area contributed by atoms with Gasteiger partial charge in [0.05, 0.1) is 25.3 Å². The van der Waals surface area contributed by atoms with Gasteiger partial charge in [-0.1, -0.05) is 0 Å². The van der Waals surface area contributed by atoms with Crippen molar-refractivity contribution in [1.29, 1.82) is 0 Å². The number of benzene rings is 1. The van der Waals surface area contributed by atoms with Crippen molar-refractivity contribution < 1.29 is 13.5 Å². The molecule has 1 aromatic heterocycles. The molecule has 0 radical (unpaired) electrons. The highest BCUT2D eigenvalue weighted by Crippen LogP contribution is 2.18. The number of ether oxygens (including phenoxy) is 1. The van der Waals surface area contributed by atoms with E-state index in [2.05, 4.69) is 25.6 Å². The third-order valence-electron chi connectivity index (χ3n) is 4.05. The monoisotopic (exact) mass is 522 g/mol. The third kappa shape index (κ3) is 8.13. The zero-order valence-electron chi connectivity index (χ0n) is 17.2. The molecule has 162 valence electrons. The summed E-state index contributed by atoms with van der Waals surface area (Å²) in [6, 6.07) is 3.33. The van der Waals surface area contributed by atoms with Crippen molar-refractivity contribution in [3.8, 4) is 5.75 Å². The molecule has 7 nitrogen and oxygen atoms in total. The summed E-state index contributed by atoms with van der Waals surface area (Å²) in [6.07, 6.45) is 3.82. The Morgan fingerprint density at radius 3 is 2.66 bits per heavy atom. The van der Waals surface area contributed by atoms with E-state index < -0.39 is 11.6 Å². The van der Waals surface area contributed by atoms with Crippen molar-refractivity contribution >= 4 is 29.9 Å². The van der Waals surface area contributed by atoms with Crippen LogP contribution in [0.3, 0.4) is 0 Å². The van der Waals surface area contributed by atoms with Gasteiger partial charge < -0.3 is 20.3 Å². The molecule has 0 bridgehead atoms. The Morgan fingerprint density at radius 1 is 1.31 bits per heavy atom. The van der Waals surface area contributed by atoms with E-state index in [0.717, 1.165) is 17.7 Å². The Bertz CT molecular complexity index is 784. The van der Waals surface area contributed by atoms with Gasteiger partial charge in [-0.05, 0) is 33.2 Å². The van der Waals surface area contributed by atoms with Gasteiger partial charge in [0.15, 0.2) is 17.5 Å². The van der Waals surface area contributed by atoms with Gasteiger partial charge in [-0.25, -0.2) is 8.78 Å². The predicted octanol–water partition coefficient (Wildman–Crippen LogP) is 2.55. The molecular weight excluding hydrogens is 493 g/mol. The molecule has 0 aliphatic rings. The van der Waals surface area contributed by atoms with Crippen LogP contribution in [-0.4, -0.2) is 61.0 Å². The van der Waals surface area contributed by atoms with Crippen LogP contribution in [0, 0.1) is 11.6 Å². The quantitative estimate of drug-likeness (QED) is 0.230. The minimum Gasteiger partial charge on any atom is -0.489 e. The number of hydrogen-bond donors (Lipinski definition) is 2. The zero-order chi connectivity index (χ0) is 20.5. The largest absolute Gasteiger partial charge is 0.489 e. The summed E-state index contributed by atoms with van der Waals surface area (Å²) in [5, 5.41) is 10.5. The number of likely N-dealkylation sites (N-methyl/N-ethyl adjacent to an activating group) is 1. The summed E-state index contributed by atoms with van der Waals surface area (Å²) >= 11 is 0. The first-order valence-electron chi connectivity index (χ1n) is 9.15. The van der Waals surface area contributed by atoms with Gasteiger partial charge in [0.2, 0.25) is 0 Å². The highest BCUT2D eigenvalue weighted by atomic mass is 127. The molecule has 10 heteroatoms. The summed E-state index contributed by atoms with van der Waals surface area (Å²) in [6.45, 7) is 3.86. The van der Waals surface area contributed by atoms with E-state index in [1.807, 2.05) is 40.5 Å². The maximum atomic E-state index is 13.6. The van der Waals surface area contributed by atoms with Crippen LogP contribution in [0.15, 0.2) is 35.6 Å². The smallest absolute Gasteiger partial charge is 0.191 e. The minimum absolute atomic E-state index is 0. The van der Waals surface area contributed by atoms with Crippen LogP contribution in [0.4, 0.5) is 8.78 Å². The van der Waals surface area contributed by atoms with Crippen molar-refractivity contribution in [2.45, 2.75) is 13.0 Å². The summed E-state index contributed by atoms with van der Waals surface area (Å²) in [5.41, 5.74) is 1.09. The molecule has 2 rings (SSSR count). The maximum absolute atomic E-state index is 13.6. The van der Waals surface area contributed by atoms with Crippen LogP contribution < -0.4 is 15.4 Å². The molecular formula is C19H29F2IN6O. The minimum atomic E-state index is -0.717. The van der Waals surface area contributed by atoms with E-state index in [1.165, 1.54) is 6.07 Å². The average Bonchev–Trinajstić information content (AvgIpc) is 3.06. The molecule has 0 aliphatic carbocycles. The molecule has 0 saturated heterocycles. The highest BCUT2D eigenvalue weighted by molar-refractivity contribution is 14.0. The molecule has 0 spiro atoms. The number of halogens is 3. The van der Waals surface area contributed by atoms with Gasteiger partial charge in [0.25, 0.3) is 0 Å². The van der Waals surface area contributed by atoms with E-state index in [4.69, 9.17) is 4.74 Å². The van der Waals surface area contributed by atoms with E-state index >= 15 is 0 Å².